The van der Waals surface area contributed by atoms with E-state index in [0.29, 0.717) is 13.0 Å². The highest BCUT2D eigenvalue weighted by Gasteiger charge is 2.11. The fourth-order valence-electron chi connectivity index (χ4n) is 1.67. The Labute approximate surface area is 116 Å². The van der Waals surface area contributed by atoms with E-state index in [9.17, 15) is 8.42 Å². The Morgan fingerprint density at radius 1 is 1.35 bits per heavy atom. The third-order valence-electron chi connectivity index (χ3n) is 2.43. The Bertz CT molecular complexity index is 627. The summed E-state index contributed by atoms with van der Waals surface area (Å²) < 4.78 is 37.2. The molecule has 0 aliphatic heterocycles. The Balaban J connectivity index is 0.00000200. The predicted molar refractivity (Wildman–Crippen MR) is 67.8 cm³/mol. The van der Waals surface area contributed by atoms with Crippen LogP contribution >= 0.6 is 0 Å². The van der Waals surface area contributed by atoms with Gasteiger partial charge in [0.1, 0.15) is 6.20 Å². The smallest absolute Gasteiger partial charge is 0.397 e. The minimum atomic E-state index is -4.36. The van der Waals surface area contributed by atoms with E-state index in [1.807, 2.05) is 41.2 Å². The molecule has 0 aliphatic carbocycles. The van der Waals surface area contributed by atoms with Crippen molar-refractivity contribution in [3.05, 3.63) is 42.9 Å². The Hall–Kier alpha value is -1.81. The standard InChI is InChI=1S/C11H13N3O4S.H2O/c15-19(16,17)18-10-4-8-13-7-2-1-5-11(13)14-9-3-6-12-14;/h1-3,5-7,9H,4,8,10H2;1H2. The molecule has 8 nitrogen and oxygen atoms in total. The quantitative estimate of drug-likeness (QED) is 0.462. The summed E-state index contributed by atoms with van der Waals surface area (Å²) in [4.78, 5) is 0. The average Bonchev–Trinajstić information content (AvgIpc) is 2.88. The number of rotatable bonds is 6. The molecule has 0 bridgehead atoms. The number of hydrogen-bond donors (Lipinski definition) is 1. The molecule has 110 valence electrons. The van der Waals surface area contributed by atoms with Gasteiger partial charge in [0.25, 0.3) is 0 Å². The van der Waals surface area contributed by atoms with Crippen molar-refractivity contribution in [1.29, 1.82) is 0 Å². The summed E-state index contributed by atoms with van der Waals surface area (Å²) in [6, 6.07) is 7.48. The number of aromatic nitrogens is 3. The molecule has 0 amide bonds. The van der Waals surface area contributed by atoms with Gasteiger partial charge in [0, 0.05) is 18.6 Å². The number of hydrogen-bond acceptors (Lipinski definition) is 5. The molecule has 0 saturated heterocycles. The summed E-state index contributed by atoms with van der Waals surface area (Å²) in [5.41, 5.74) is 0. The molecular weight excluding hydrogens is 286 g/mol. The third kappa shape index (κ3) is 4.70. The van der Waals surface area contributed by atoms with Gasteiger partial charge in [0.05, 0.1) is 25.5 Å². The van der Waals surface area contributed by atoms with E-state index < -0.39 is 10.4 Å². The van der Waals surface area contributed by atoms with Gasteiger partial charge in [-0.25, -0.2) is 8.75 Å². The summed E-state index contributed by atoms with van der Waals surface area (Å²) >= 11 is 0. The van der Waals surface area contributed by atoms with Gasteiger partial charge in [-0.15, -0.1) is 4.68 Å². The first-order valence-electron chi connectivity index (χ1n) is 5.66. The van der Waals surface area contributed by atoms with Crippen LogP contribution in [0, 0.1) is 0 Å². The summed E-state index contributed by atoms with van der Waals surface area (Å²) in [5.74, 6) is 0.861. The van der Waals surface area contributed by atoms with Crippen LogP contribution in [0.15, 0.2) is 42.9 Å². The summed E-state index contributed by atoms with van der Waals surface area (Å²) in [7, 11) is -4.36. The largest absolute Gasteiger partial charge is 0.870 e. The summed E-state index contributed by atoms with van der Waals surface area (Å²) in [5, 5.41) is 4.14. The van der Waals surface area contributed by atoms with Crippen molar-refractivity contribution in [2.75, 3.05) is 6.61 Å². The van der Waals surface area contributed by atoms with Gasteiger partial charge < -0.3 is 5.48 Å². The molecular formula is C11H15N3O5S. The maximum Gasteiger partial charge on any atom is 0.397 e. The van der Waals surface area contributed by atoms with Crippen molar-refractivity contribution >= 4 is 10.4 Å². The molecule has 2 N–H and O–H groups in total. The zero-order chi connectivity index (χ0) is 13.7. The predicted octanol–water partition coefficient (Wildman–Crippen LogP) is 0.192. The average molecular weight is 301 g/mol. The zero-order valence-electron chi connectivity index (χ0n) is 10.5. The Morgan fingerprint density at radius 3 is 2.80 bits per heavy atom. The fraction of sp³-hybridized carbons (Fsp3) is 0.273. The SMILES string of the molecule is O=S(=O)(O)OCCC[n+]1ccccc1-n1cccn1.[OH-]. The number of pyridine rings is 1. The monoisotopic (exact) mass is 301 g/mol. The maximum absolute atomic E-state index is 10.4. The van der Waals surface area contributed by atoms with E-state index in [-0.39, 0.29) is 12.1 Å². The van der Waals surface area contributed by atoms with E-state index in [4.69, 9.17) is 4.55 Å². The van der Waals surface area contributed by atoms with Crippen LogP contribution in [0.4, 0.5) is 0 Å². The van der Waals surface area contributed by atoms with Crippen LogP contribution in [-0.2, 0) is 21.1 Å². The highest BCUT2D eigenvalue weighted by molar-refractivity contribution is 7.80. The Kier molecular flexibility index (Phi) is 5.77. The molecule has 0 saturated carbocycles. The number of aryl methyl sites for hydroxylation is 1. The van der Waals surface area contributed by atoms with E-state index in [1.165, 1.54) is 0 Å². The van der Waals surface area contributed by atoms with Crippen molar-refractivity contribution in [3.63, 3.8) is 0 Å². The van der Waals surface area contributed by atoms with Gasteiger partial charge >= 0.3 is 16.2 Å². The zero-order valence-corrected chi connectivity index (χ0v) is 11.3. The highest BCUT2D eigenvalue weighted by Crippen LogP contribution is 2.00. The second kappa shape index (κ2) is 7.10. The molecule has 0 fully saturated rings. The lowest BCUT2D eigenvalue weighted by molar-refractivity contribution is -0.692. The van der Waals surface area contributed by atoms with Crippen molar-refractivity contribution in [1.82, 2.24) is 9.78 Å². The molecule has 2 aromatic rings. The first-order valence-corrected chi connectivity index (χ1v) is 7.03. The molecule has 2 aromatic heterocycles. The van der Waals surface area contributed by atoms with Gasteiger partial charge in [0.2, 0.25) is 0 Å². The molecule has 2 heterocycles. The molecule has 0 unspecified atom stereocenters. The van der Waals surface area contributed by atoms with Gasteiger partial charge in [-0.05, 0) is 6.07 Å². The van der Waals surface area contributed by atoms with E-state index in [0.717, 1.165) is 5.82 Å². The minimum absolute atomic E-state index is 0. The van der Waals surface area contributed by atoms with Crippen LogP contribution in [0.2, 0.25) is 0 Å². The molecule has 0 spiro atoms. The summed E-state index contributed by atoms with van der Waals surface area (Å²) in [6.45, 7) is 0.477. The lowest BCUT2D eigenvalue weighted by Gasteiger charge is -2.04. The second-order valence-electron chi connectivity index (χ2n) is 3.81. The fourth-order valence-corrected chi connectivity index (χ4v) is 2.00. The topological polar surface area (TPSA) is 115 Å². The molecule has 9 heteroatoms. The molecule has 0 radical (unpaired) electrons. The third-order valence-corrected chi connectivity index (χ3v) is 2.90. The summed E-state index contributed by atoms with van der Waals surface area (Å²) in [6.07, 6.45) is 5.81. The van der Waals surface area contributed by atoms with Crippen LogP contribution in [0.25, 0.3) is 5.82 Å². The molecule has 2 rings (SSSR count). The second-order valence-corrected chi connectivity index (χ2v) is 4.90. The van der Waals surface area contributed by atoms with Crippen LogP contribution in [0.3, 0.4) is 0 Å². The minimum Gasteiger partial charge on any atom is -0.870 e. The lowest BCUT2D eigenvalue weighted by atomic mass is 10.4. The van der Waals surface area contributed by atoms with Gasteiger partial charge in [-0.2, -0.15) is 8.42 Å². The highest BCUT2D eigenvalue weighted by atomic mass is 32.3. The molecule has 0 aromatic carbocycles. The van der Waals surface area contributed by atoms with Gasteiger partial charge in [-0.1, -0.05) is 11.2 Å². The van der Waals surface area contributed by atoms with Crippen LogP contribution < -0.4 is 4.57 Å². The lowest BCUT2D eigenvalue weighted by Crippen LogP contribution is -2.38. The van der Waals surface area contributed by atoms with Crippen molar-refractivity contribution < 1.29 is 27.2 Å². The van der Waals surface area contributed by atoms with Crippen molar-refractivity contribution in [2.45, 2.75) is 13.0 Å². The van der Waals surface area contributed by atoms with Gasteiger partial charge in [-0.3, -0.25) is 4.55 Å². The first kappa shape index (κ1) is 16.2. The Morgan fingerprint density at radius 2 is 2.15 bits per heavy atom. The molecule has 0 atom stereocenters. The molecule has 20 heavy (non-hydrogen) atoms. The van der Waals surface area contributed by atoms with Crippen LogP contribution in [-0.4, -0.2) is 34.8 Å². The normalized spacial score (nSPS) is 11.1. The van der Waals surface area contributed by atoms with Gasteiger partial charge in [0.15, 0.2) is 0 Å². The van der Waals surface area contributed by atoms with Crippen molar-refractivity contribution in [3.8, 4) is 5.82 Å². The number of nitrogens with zero attached hydrogens (tertiary/aromatic N) is 3. The van der Waals surface area contributed by atoms with E-state index >= 15 is 0 Å². The molecule has 0 aliphatic rings. The van der Waals surface area contributed by atoms with E-state index in [2.05, 4.69) is 9.28 Å². The maximum atomic E-state index is 10.4. The van der Waals surface area contributed by atoms with Crippen LogP contribution in [0.1, 0.15) is 6.42 Å². The van der Waals surface area contributed by atoms with E-state index in [1.54, 1.807) is 10.9 Å². The first-order chi connectivity index (χ1) is 9.06. The van der Waals surface area contributed by atoms with Crippen molar-refractivity contribution in [2.24, 2.45) is 0 Å². The van der Waals surface area contributed by atoms with Crippen LogP contribution in [0.5, 0.6) is 0 Å².